The van der Waals surface area contributed by atoms with Crippen LogP contribution in [-0.2, 0) is 28.0 Å². The minimum Gasteiger partial charge on any atom is -0.481 e. The van der Waals surface area contributed by atoms with Gasteiger partial charge in [0.25, 0.3) is 0 Å². The summed E-state index contributed by atoms with van der Waals surface area (Å²) < 4.78 is 33.0. The number of carboxylic acid groups (broad SMARTS) is 1. The van der Waals surface area contributed by atoms with Crippen molar-refractivity contribution in [3.05, 3.63) is 24.3 Å². The van der Waals surface area contributed by atoms with Crippen molar-refractivity contribution in [2.75, 3.05) is 37.9 Å². The van der Waals surface area contributed by atoms with Crippen molar-refractivity contribution in [2.24, 2.45) is 0 Å². The fraction of sp³-hybridized carbons (Fsp3) is 0.667. The molecule has 0 heterocycles. The van der Waals surface area contributed by atoms with Crippen LogP contribution in [0, 0.1) is 0 Å². The number of hydrogen-bond donors (Lipinski definition) is 2. The lowest BCUT2D eigenvalue weighted by Gasteiger charge is -2.15. The summed E-state index contributed by atoms with van der Waals surface area (Å²) in [5, 5.41) is 8.46. The lowest BCUT2D eigenvalue weighted by Crippen LogP contribution is -2.08. The number of rotatable bonds is 13. The van der Waals surface area contributed by atoms with Crippen molar-refractivity contribution in [3.63, 3.8) is 0 Å². The zero-order chi connectivity index (χ0) is 22.4. The van der Waals surface area contributed by atoms with Crippen molar-refractivity contribution < 1.29 is 38.0 Å². The predicted octanol–water partition coefficient (Wildman–Crippen LogP) is 4.14. The van der Waals surface area contributed by atoms with Gasteiger partial charge >= 0.3 is 11.9 Å². The molecule has 0 fully saturated rings. The number of aliphatic carboxylic acids is 1. The van der Waals surface area contributed by atoms with Crippen LogP contribution in [0.5, 0.6) is 0 Å². The highest BCUT2D eigenvalue weighted by molar-refractivity contribution is 7.59. The molecule has 0 rings (SSSR count). The van der Waals surface area contributed by atoms with E-state index in [1.165, 1.54) is 0 Å². The van der Waals surface area contributed by atoms with Crippen LogP contribution in [0.3, 0.4) is 0 Å². The lowest BCUT2D eigenvalue weighted by atomic mass is 10.4. The molecule has 2 N–H and O–H groups in total. The van der Waals surface area contributed by atoms with Gasteiger partial charge in [-0.25, -0.2) is 0 Å². The summed E-state index contributed by atoms with van der Waals surface area (Å²) in [6.45, 7) is 14.5. The molecule has 0 aromatic heterocycles. The summed E-state index contributed by atoms with van der Waals surface area (Å²) in [5.74, 6) is -1.40. The normalized spacial score (nSPS) is 14.6. The van der Waals surface area contributed by atoms with E-state index in [1.807, 2.05) is 0 Å². The number of esters is 1. The number of carbonyl (C=O) groups is 2. The Kier molecular flexibility index (Phi) is 15.3. The molecule has 0 aliphatic carbocycles. The first-order valence-corrected chi connectivity index (χ1v) is 13.0. The third kappa shape index (κ3) is 18.2. The largest absolute Gasteiger partial charge is 0.481 e. The van der Waals surface area contributed by atoms with Crippen molar-refractivity contribution in [3.8, 4) is 0 Å². The summed E-state index contributed by atoms with van der Waals surface area (Å²) in [7, 11) is -5.85. The van der Waals surface area contributed by atoms with Crippen LogP contribution in [-0.4, -0.2) is 59.8 Å². The molecule has 0 radical (unpaired) electrons. The average Bonchev–Trinajstić information content (AvgIpc) is 2.62. The molecule has 164 valence electrons. The van der Waals surface area contributed by atoms with Gasteiger partial charge in [0.05, 0.1) is 19.4 Å². The van der Waals surface area contributed by atoms with Gasteiger partial charge in [-0.2, -0.15) is 0 Å². The lowest BCUT2D eigenvalue weighted by molar-refractivity contribution is -0.142. The predicted molar refractivity (Wildman–Crippen MR) is 112 cm³/mol. The standard InChI is InChI=1S/2C9H17O4P/c1-4-14(11,12)6-5-9(10)13-7-8(2)3;1-4-14(12,6-5-9(10)11)13-7-8(2)3/h2,4-7H2,1,3H3,(H,11,12);2,4-7H2,1,3H3,(H,10,11). The maximum absolute atomic E-state index is 11.9. The van der Waals surface area contributed by atoms with E-state index in [1.54, 1.807) is 27.7 Å². The number of ether oxygens (including phenoxy) is 1. The highest BCUT2D eigenvalue weighted by atomic mass is 31.2. The Balaban J connectivity index is 0. The van der Waals surface area contributed by atoms with Crippen LogP contribution in [0.25, 0.3) is 0 Å². The fourth-order valence-corrected chi connectivity index (χ4v) is 3.97. The van der Waals surface area contributed by atoms with E-state index in [2.05, 4.69) is 13.2 Å². The topological polar surface area (TPSA) is 127 Å². The second-order valence-corrected chi connectivity index (χ2v) is 12.2. The quantitative estimate of drug-likeness (QED) is 0.249. The molecule has 0 bridgehead atoms. The van der Waals surface area contributed by atoms with Gasteiger partial charge < -0.3 is 19.3 Å². The van der Waals surface area contributed by atoms with Gasteiger partial charge in [0, 0.05) is 24.6 Å². The van der Waals surface area contributed by atoms with Crippen molar-refractivity contribution in [2.45, 2.75) is 40.5 Å². The SMILES string of the molecule is C=C(C)COC(=O)CCP(=O)(O)CC.C=C(C)COP(=O)(CC)CCC(=O)O. The Hall–Kier alpha value is -1.20. The second kappa shape index (κ2) is 14.7. The molecule has 0 saturated heterocycles. The highest BCUT2D eigenvalue weighted by Gasteiger charge is 2.21. The van der Waals surface area contributed by atoms with E-state index >= 15 is 0 Å². The summed E-state index contributed by atoms with van der Waals surface area (Å²) in [4.78, 5) is 30.5. The average molecular weight is 440 g/mol. The third-order valence-corrected chi connectivity index (χ3v) is 7.71. The summed E-state index contributed by atoms with van der Waals surface area (Å²) in [6, 6.07) is 0. The smallest absolute Gasteiger partial charge is 0.306 e. The van der Waals surface area contributed by atoms with Gasteiger partial charge in [0.15, 0.2) is 0 Å². The molecule has 28 heavy (non-hydrogen) atoms. The van der Waals surface area contributed by atoms with Gasteiger partial charge in [0.1, 0.15) is 6.61 Å². The molecule has 2 atom stereocenters. The third-order valence-electron chi connectivity index (χ3n) is 3.33. The Bertz CT molecular complexity index is 605. The molecule has 0 aliphatic rings. The second-order valence-electron chi connectivity index (χ2n) is 6.48. The van der Waals surface area contributed by atoms with Crippen LogP contribution < -0.4 is 0 Å². The molecule has 0 saturated carbocycles. The first kappa shape index (κ1) is 29.0. The molecule has 0 aliphatic heterocycles. The van der Waals surface area contributed by atoms with Crippen LogP contribution in [0.15, 0.2) is 24.3 Å². The van der Waals surface area contributed by atoms with Gasteiger partial charge in [-0.15, -0.1) is 0 Å². The summed E-state index contributed by atoms with van der Waals surface area (Å²) in [5.41, 5.74) is 1.54. The zero-order valence-electron chi connectivity index (χ0n) is 17.3. The van der Waals surface area contributed by atoms with E-state index in [-0.39, 0.29) is 44.5 Å². The van der Waals surface area contributed by atoms with E-state index in [9.17, 15) is 23.6 Å². The van der Waals surface area contributed by atoms with Crippen molar-refractivity contribution in [1.29, 1.82) is 0 Å². The van der Waals surface area contributed by atoms with Gasteiger partial charge in [0.2, 0.25) is 14.7 Å². The highest BCUT2D eigenvalue weighted by Crippen LogP contribution is 2.47. The van der Waals surface area contributed by atoms with Gasteiger partial charge in [-0.05, 0) is 19.4 Å². The number of carboxylic acids is 1. The van der Waals surface area contributed by atoms with E-state index in [0.29, 0.717) is 6.16 Å². The molecule has 0 spiro atoms. The van der Waals surface area contributed by atoms with Crippen molar-refractivity contribution >= 4 is 26.7 Å². The summed E-state index contributed by atoms with van der Waals surface area (Å²) in [6.07, 6.45) is 0.551. The monoisotopic (exact) mass is 440 g/mol. The maximum atomic E-state index is 11.9. The molecule has 0 aromatic carbocycles. The zero-order valence-corrected chi connectivity index (χ0v) is 19.1. The first-order chi connectivity index (χ1) is 12.8. The molecule has 10 heteroatoms. The van der Waals surface area contributed by atoms with E-state index in [0.717, 1.165) is 11.1 Å². The Morgan fingerprint density at radius 2 is 1.46 bits per heavy atom. The van der Waals surface area contributed by atoms with Crippen LogP contribution >= 0.6 is 14.7 Å². The number of hydrogen-bond acceptors (Lipinski definition) is 6. The van der Waals surface area contributed by atoms with E-state index < -0.39 is 26.7 Å². The van der Waals surface area contributed by atoms with Crippen LogP contribution in [0.1, 0.15) is 40.5 Å². The Morgan fingerprint density at radius 3 is 1.86 bits per heavy atom. The van der Waals surface area contributed by atoms with Gasteiger partial charge in [-0.3, -0.25) is 18.7 Å². The maximum Gasteiger partial charge on any atom is 0.306 e. The van der Waals surface area contributed by atoms with Gasteiger partial charge in [-0.1, -0.05) is 32.6 Å². The number of carbonyl (C=O) groups excluding carboxylic acids is 1. The molecule has 0 amide bonds. The van der Waals surface area contributed by atoms with Crippen LogP contribution in [0.4, 0.5) is 0 Å². The van der Waals surface area contributed by atoms with Crippen molar-refractivity contribution in [1.82, 2.24) is 0 Å². The first-order valence-electron chi connectivity index (χ1n) is 8.96. The fourth-order valence-electron chi connectivity index (χ4n) is 1.51. The molecular formula is C18H34O8P2. The minimum atomic E-state index is -3.10. The Labute approximate surface area is 167 Å². The molecular weight excluding hydrogens is 406 g/mol. The molecule has 8 nitrogen and oxygen atoms in total. The summed E-state index contributed by atoms with van der Waals surface area (Å²) >= 11 is 0. The minimum absolute atomic E-state index is 0.00146. The van der Waals surface area contributed by atoms with E-state index in [4.69, 9.17) is 14.4 Å². The Morgan fingerprint density at radius 1 is 0.929 bits per heavy atom. The molecule has 0 aromatic rings. The van der Waals surface area contributed by atoms with Crippen LogP contribution in [0.2, 0.25) is 0 Å². The molecule has 2 unspecified atom stereocenters.